The Labute approximate surface area is 145 Å². The number of hydrogen-bond acceptors (Lipinski definition) is 6. The van der Waals surface area contributed by atoms with Crippen molar-refractivity contribution in [2.45, 2.75) is 19.3 Å². The van der Waals surface area contributed by atoms with Gasteiger partial charge in [-0.2, -0.15) is 10.2 Å². The molecule has 1 aliphatic carbocycles. The number of aryl methyl sites for hydroxylation is 1. The molecule has 2 N–H and O–H groups in total. The summed E-state index contributed by atoms with van der Waals surface area (Å²) < 4.78 is 15.8. The maximum Gasteiger partial charge on any atom is 0.292 e. The van der Waals surface area contributed by atoms with Crippen LogP contribution < -0.4 is 19.6 Å². The molecule has 0 saturated heterocycles. The van der Waals surface area contributed by atoms with Gasteiger partial charge in [0.2, 0.25) is 5.75 Å². The number of fused-ring (bicyclic) bond motifs is 1. The minimum absolute atomic E-state index is 0.330. The lowest BCUT2D eigenvalue weighted by Crippen LogP contribution is -2.19. The lowest BCUT2D eigenvalue weighted by Gasteiger charge is -2.12. The minimum Gasteiger partial charge on any atom is -0.493 e. The predicted octanol–water partition coefficient (Wildman–Crippen LogP) is 1.69. The molecule has 1 aromatic heterocycles. The molecule has 0 saturated carbocycles. The first kappa shape index (κ1) is 16.8. The van der Waals surface area contributed by atoms with Crippen LogP contribution in [0.4, 0.5) is 0 Å². The van der Waals surface area contributed by atoms with Crippen LogP contribution in [-0.4, -0.2) is 43.6 Å². The average molecular weight is 344 g/mol. The number of carbonyl (C=O) groups is 1. The van der Waals surface area contributed by atoms with Crippen molar-refractivity contribution in [1.82, 2.24) is 15.6 Å². The first-order valence-electron chi connectivity index (χ1n) is 7.87. The number of nitrogens with one attached hydrogen (secondary N) is 2. The van der Waals surface area contributed by atoms with Gasteiger partial charge < -0.3 is 14.2 Å². The molecule has 1 heterocycles. The van der Waals surface area contributed by atoms with Gasteiger partial charge in [-0.05, 0) is 31.4 Å². The number of aromatic nitrogens is 2. The van der Waals surface area contributed by atoms with E-state index in [0.29, 0.717) is 28.5 Å². The lowest BCUT2D eigenvalue weighted by molar-refractivity contribution is 0.0949. The minimum atomic E-state index is -0.330. The number of H-pyrrole nitrogens is 1. The van der Waals surface area contributed by atoms with Crippen LogP contribution in [0.15, 0.2) is 17.2 Å². The third-order valence-electron chi connectivity index (χ3n) is 4.09. The highest BCUT2D eigenvalue weighted by atomic mass is 16.5. The molecule has 0 fully saturated rings. The van der Waals surface area contributed by atoms with E-state index in [1.807, 2.05) is 0 Å². The molecular formula is C17H20N4O4. The Bertz CT molecular complexity index is 788. The maximum absolute atomic E-state index is 12.2. The van der Waals surface area contributed by atoms with Gasteiger partial charge in [0.25, 0.3) is 5.91 Å². The number of benzene rings is 1. The normalized spacial score (nSPS) is 12.9. The molecule has 8 heteroatoms. The second-order valence-electron chi connectivity index (χ2n) is 5.54. The first-order chi connectivity index (χ1) is 12.2. The second-order valence-corrected chi connectivity index (χ2v) is 5.54. The van der Waals surface area contributed by atoms with Crippen molar-refractivity contribution in [2.24, 2.45) is 5.10 Å². The zero-order chi connectivity index (χ0) is 17.8. The Balaban J connectivity index is 1.74. The summed E-state index contributed by atoms with van der Waals surface area (Å²) in [5, 5.41) is 11.0. The van der Waals surface area contributed by atoms with Crippen molar-refractivity contribution in [2.75, 3.05) is 21.3 Å². The number of rotatable bonds is 6. The monoisotopic (exact) mass is 344 g/mol. The Morgan fingerprint density at radius 3 is 2.56 bits per heavy atom. The smallest absolute Gasteiger partial charge is 0.292 e. The molecule has 1 aliphatic rings. The van der Waals surface area contributed by atoms with Gasteiger partial charge in [-0.15, -0.1) is 0 Å². The third kappa shape index (κ3) is 3.28. The van der Waals surface area contributed by atoms with Crippen molar-refractivity contribution in [3.05, 3.63) is 34.6 Å². The molecule has 8 nitrogen and oxygen atoms in total. The molecule has 2 aromatic rings. The van der Waals surface area contributed by atoms with Crippen molar-refractivity contribution in [3.63, 3.8) is 0 Å². The molecule has 1 amide bonds. The molecule has 0 aliphatic heterocycles. The average Bonchev–Trinajstić information content (AvgIpc) is 3.24. The summed E-state index contributed by atoms with van der Waals surface area (Å²) in [6.45, 7) is 0. The second kappa shape index (κ2) is 7.25. The largest absolute Gasteiger partial charge is 0.493 e. The Kier molecular flexibility index (Phi) is 4.87. The van der Waals surface area contributed by atoms with Gasteiger partial charge >= 0.3 is 0 Å². The van der Waals surface area contributed by atoms with Gasteiger partial charge in [0, 0.05) is 16.8 Å². The summed E-state index contributed by atoms with van der Waals surface area (Å²) in [5.74, 6) is 1.20. The SMILES string of the molecule is COc1cc(/C=N\NC(=O)c2n[nH]c3c2CCC3)cc(OC)c1OC. The van der Waals surface area contributed by atoms with Crippen LogP contribution in [-0.2, 0) is 12.8 Å². The number of hydrazone groups is 1. The van der Waals surface area contributed by atoms with E-state index in [-0.39, 0.29) is 5.91 Å². The number of hydrogen-bond donors (Lipinski definition) is 2. The van der Waals surface area contributed by atoms with Crippen molar-refractivity contribution in [1.29, 1.82) is 0 Å². The number of amides is 1. The number of aromatic amines is 1. The first-order valence-corrected chi connectivity index (χ1v) is 7.87. The molecule has 0 radical (unpaired) electrons. The van der Waals surface area contributed by atoms with Gasteiger partial charge in [-0.3, -0.25) is 9.89 Å². The number of methoxy groups -OCH3 is 3. The topological polar surface area (TPSA) is 97.8 Å². The predicted molar refractivity (Wildman–Crippen MR) is 91.8 cm³/mol. The van der Waals surface area contributed by atoms with E-state index in [1.54, 1.807) is 12.1 Å². The van der Waals surface area contributed by atoms with E-state index < -0.39 is 0 Å². The molecule has 132 valence electrons. The number of nitrogens with zero attached hydrogens (tertiary/aromatic N) is 2. The number of carbonyl (C=O) groups excluding carboxylic acids is 1. The van der Waals surface area contributed by atoms with Crippen LogP contribution in [0.25, 0.3) is 0 Å². The van der Waals surface area contributed by atoms with Gasteiger partial charge in [-0.25, -0.2) is 5.43 Å². The van der Waals surface area contributed by atoms with Crippen LogP contribution in [0.1, 0.15) is 33.7 Å². The zero-order valence-corrected chi connectivity index (χ0v) is 14.4. The molecule has 3 rings (SSSR count). The molecule has 0 atom stereocenters. The van der Waals surface area contributed by atoms with Crippen molar-refractivity contribution < 1.29 is 19.0 Å². The molecule has 0 bridgehead atoms. The van der Waals surface area contributed by atoms with Crippen LogP contribution in [0.3, 0.4) is 0 Å². The molecular weight excluding hydrogens is 324 g/mol. The van der Waals surface area contributed by atoms with Crippen LogP contribution >= 0.6 is 0 Å². The molecule has 1 aromatic carbocycles. The quantitative estimate of drug-likeness (QED) is 0.614. The summed E-state index contributed by atoms with van der Waals surface area (Å²) >= 11 is 0. The van der Waals surface area contributed by atoms with E-state index in [2.05, 4.69) is 20.7 Å². The molecule has 25 heavy (non-hydrogen) atoms. The highest BCUT2D eigenvalue weighted by Gasteiger charge is 2.22. The third-order valence-corrected chi connectivity index (χ3v) is 4.09. The van der Waals surface area contributed by atoms with Crippen molar-refractivity contribution in [3.8, 4) is 17.2 Å². The highest BCUT2D eigenvalue weighted by molar-refractivity contribution is 5.95. The summed E-state index contributed by atoms with van der Waals surface area (Å²) in [6.07, 6.45) is 4.35. The van der Waals surface area contributed by atoms with E-state index >= 15 is 0 Å². The van der Waals surface area contributed by atoms with Gasteiger partial charge in [0.1, 0.15) is 0 Å². The van der Waals surface area contributed by atoms with Gasteiger partial charge in [0.15, 0.2) is 17.2 Å². The van der Waals surface area contributed by atoms with E-state index in [1.165, 1.54) is 27.5 Å². The summed E-state index contributed by atoms with van der Waals surface area (Å²) in [5.41, 5.74) is 5.64. The Morgan fingerprint density at radius 2 is 1.92 bits per heavy atom. The van der Waals surface area contributed by atoms with Crippen LogP contribution in [0.5, 0.6) is 17.2 Å². The fourth-order valence-electron chi connectivity index (χ4n) is 2.90. The number of ether oxygens (including phenoxy) is 3. The van der Waals surface area contributed by atoms with Crippen LogP contribution in [0.2, 0.25) is 0 Å². The van der Waals surface area contributed by atoms with Gasteiger partial charge in [0.05, 0.1) is 27.5 Å². The fourth-order valence-corrected chi connectivity index (χ4v) is 2.90. The standard InChI is InChI=1S/C17H20N4O4/c1-23-13-7-10(8-14(24-2)16(13)25-3)9-18-21-17(22)15-11-5-4-6-12(11)19-20-15/h7-9H,4-6H2,1-3H3,(H,19,20)(H,21,22)/b18-9-. The Hall–Kier alpha value is -3.03. The summed E-state index contributed by atoms with van der Waals surface area (Å²) in [4.78, 5) is 12.2. The van der Waals surface area contributed by atoms with Crippen LogP contribution in [0, 0.1) is 0 Å². The molecule has 0 unspecified atom stereocenters. The Morgan fingerprint density at radius 1 is 1.20 bits per heavy atom. The van der Waals surface area contributed by atoms with E-state index in [0.717, 1.165) is 30.5 Å². The fraction of sp³-hybridized carbons (Fsp3) is 0.353. The van der Waals surface area contributed by atoms with Crippen molar-refractivity contribution >= 4 is 12.1 Å². The summed E-state index contributed by atoms with van der Waals surface area (Å²) in [7, 11) is 4.62. The zero-order valence-electron chi connectivity index (χ0n) is 14.4. The molecule has 0 spiro atoms. The van der Waals surface area contributed by atoms with Gasteiger partial charge in [-0.1, -0.05) is 0 Å². The van der Waals surface area contributed by atoms with E-state index in [9.17, 15) is 4.79 Å². The highest BCUT2D eigenvalue weighted by Crippen LogP contribution is 2.37. The van der Waals surface area contributed by atoms with E-state index in [4.69, 9.17) is 14.2 Å². The maximum atomic E-state index is 12.2. The lowest BCUT2D eigenvalue weighted by atomic mass is 10.2. The summed E-state index contributed by atoms with van der Waals surface area (Å²) in [6, 6.07) is 3.48.